The van der Waals surface area contributed by atoms with Crippen molar-refractivity contribution >= 4 is 0 Å². The van der Waals surface area contributed by atoms with Crippen molar-refractivity contribution in [2.75, 3.05) is 13.1 Å². The van der Waals surface area contributed by atoms with E-state index in [1.54, 1.807) is 0 Å². The van der Waals surface area contributed by atoms with Crippen LogP contribution in [0, 0.1) is 0 Å². The molecule has 0 amide bonds. The van der Waals surface area contributed by atoms with E-state index in [1.807, 2.05) is 12.4 Å². The van der Waals surface area contributed by atoms with Crippen molar-refractivity contribution in [2.24, 2.45) is 0 Å². The van der Waals surface area contributed by atoms with E-state index in [9.17, 15) is 4.39 Å². The molecule has 5 heteroatoms. The van der Waals surface area contributed by atoms with Gasteiger partial charge >= 0.3 is 0 Å². The fourth-order valence-corrected chi connectivity index (χ4v) is 3.04. The lowest BCUT2D eigenvalue weighted by atomic mass is 10.1. The third-order valence-corrected chi connectivity index (χ3v) is 4.33. The minimum atomic E-state index is -0.729. The van der Waals surface area contributed by atoms with Crippen LogP contribution in [0.1, 0.15) is 45.6 Å². The summed E-state index contributed by atoms with van der Waals surface area (Å²) in [6.07, 6.45) is 9.51. The smallest absolute Gasteiger partial charge is 0.115 e. The second-order valence-corrected chi connectivity index (χ2v) is 6.83. The Balaban J connectivity index is 1.79. The Kier molecular flexibility index (Phi) is 7.12. The molecule has 3 atom stereocenters. The highest BCUT2D eigenvalue weighted by Gasteiger charge is 2.31. The zero-order chi connectivity index (χ0) is 16.7. The number of alkyl halides is 1. The third-order valence-electron chi connectivity index (χ3n) is 4.33. The molecule has 0 aromatic carbocycles. The molecular weight excluding hydrogens is 291 g/mol. The van der Waals surface area contributed by atoms with Crippen LogP contribution in [0.5, 0.6) is 0 Å². The van der Waals surface area contributed by atoms with E-state index in [-0.39, 0.29) is 6.04 Å². The van der Waals surface area contributed by atoms with Crippen LogP contribution >= 0.6 is 0 Å². The van der Waals surface area contributed by atoms with Gasteiger partial charge in [-0.2, -0.15) is 0 Å². The lowest BCUT2D eigenvalue weighted by Gasteiger charge is -2.25. The first-order chi connectivity index (χ1) is 11.0. The molecule has 0 saturated carbocycles. The molecule has 0 unspecified atom stereocenters. The molecule has 0 spiro atoms. The van der Waals surface area contributed by atoms with E-state index in [0.717, 1.165) is 31.5 Å². The molecule has 2 heterocycles. The summed E-state index contributed by atoms with van der Waals surface area (Å²) < 4.78 is 13.8. The van der Waals surface area contributed by atoms with Crippen molar-refractivity contribution in [3.8, 4) is 0 Å². The largest absolute Gasteiger partial charge is 0.313 e. The summed E-state index contributed by atoms with van der Waals surface area (Å²) in [5, 5.41) is 3.57. The van der Waals surface area contributed by atoms with Gasteiger partial charge in [-0.25, -0.2) is 14.4 Å². The highest BCUT2D eigenvalue weighted by atomic mass is 19.1. The number of halogens is 1. The van der Waals surface area contributed by atoms with Crippen molar-refractivity contribution in [1.82, 2.24) is 20.2 Å². The van der Waals surface area contributed by atoms with Crippen molar-refractivity contribution < 1.29 is 4.39 Å². The van der Waals surface area contributed by atoms with Gasteiger partial charge in [0, 0.05) is 49.7 Å². The van der Waals surface area contributed by atoms with Crippen LogP contribution in [-0.4, -0.2) is 46.2 Å². The highest BCUT2D eigenvalue weighted by molar-refractivity contribution is 5.04. The quantitative estimate of drug-likeness (QED) is 0.747. The Morgan fingerprint density at radius 1 is 1.43 bits per heavy atom. The van der Waals surface area contributed by atoms with E-state index in [4.69, 9.17) is 0 Å². The molecule has 0 aliphatic carbocycles. The van der Waals surface area contributed by atoms with E-state index >= 15 is 0 Å². The average molecular weight is 320 g/mol. The molecule has 4 nitrogen and oxygen atoms in total. The van der Waals surface area contributed by atoms with E-state index in [0.29, 0.717) is 19.0 Å². The van der Waals surface area contributed by atoms with Gasteiger partial charge in [-0.15, -0.1) is 0 Å². The van der Waals surface area contributed by atoms with Crippen molar-refractivity contribution in [1.29, 1.82) is 0 Å². The normalized spacial score (nSPS) is 23.0. The first kappa shape index (κ1) is 18.0. The lowest BCUT2D eigenvalue weighted by Crippen LogP contribution is -2.40. The van der Waals surface area contributed by atoms with Gasteiger partial charge in [0.25, 0.3) is 0 Å². The number of likely N-dealkylation sites (tertiary alicyclic amines) is 1. The number of hydrogen-bond acceptors (Lipinski definition) is 4. The fourth-order valence-electron chi connectivity index (χ4n) is 3.04. The Bertz CT molecular complexity index is 487. The molecule has 0 bridgehead atoms. The molecule has 23 heavy (non-hydrogen) atoms. The Hall–Kier alpha value is -1.33. The van der Waals surface area contributed by atoms with Crippen molar-refractivity contribution in [3.63, 3.8) is 0 Å². The molecule has 1 saturated heterocycles. The zero-order valence-corrected chi connectivity index (χ0v) is 14.5. The molecule has 128 valence electrons. The monoisotopic (exact) mass is 320 g/mol. The van der Waals surface area contributed by atoms with Gasteiger partial charge in [-0.05, 0) is 40.0 Å². The second-order valence-electron chi connectivity index (χ2n) is 6.83. The summed E-state index contributed by atoms with van der Waals surface area (Å²) in [5.41, 5.74) is 2.41. The van der Waals surface area contributed by atoms with Crippen LogP contribution in [0.2, 0.25) is 0 Å². The van der Waals surface area contributed by atoms with Gasteiger partial charge in [0.2, 0.25) is 0 Å². The number of aromatic nitrogens is 2. The molecule has 2 rings (SSSR count). The summed E-state index contributed by atoms with van der Waals surface area (Å²) in [6.45, 7) is 8.53. The van der Waals surface area contributed by atoms with Crippen LogP contribution in [0.3, 0.4) is 0 Å². The van der Waals surface area contributed by atoms with Gasteiger partial charge in [-0.1, -0.05) is 11.6 Å². The zero-order valence-electron chi connectivity index (χ0n) is 14.5. The summed E-state index contributed by atoms with van der Waals surface area (Å²) in [5.74, 6) is 0. The fraction of sp³-hybridized carbons (Fsp3) is 0.667. The highest BCUT2D eigenvalue weighted by Crippen LogP contribution is 2.22. The first-order valence-corrected chi connectivity index (χ1v) is 8.53. The Morgan fingerprint density at radius 2 is 2.17 bits per heavy atom. The number of allylic oxidation sites excluding steroid dienone is 2. The minimum Gasteiger partial charge on any atom is -0.313 e. The summed E-state index contributed by atoms with van der Waals surface area (Å²) in [6, 6.07) is 0.697. The number of rotatable bonds is 8. The maximum Gasteiger partial charge on any atom is 0.115 e. The molecule has 1 aliphatic rings. The SMILES string of the molecule is CC(C)=CCC[C@@H](C)NC[C@@H]1C[C@H](F)CN1Cc1cncnc1. The maximum atomic E-state index is 13.8. The molecule has 1 aromatic heterocycles. The lowest BCUT2D eigenvalue weighted by molar-refractivity contribution is 0.226. The van der Waals surface area contributed by atoms with E-state index in [1.165, 1.54) is 11.9 Å². The Labute approximate surface area is 139 Å². The van der Waals surface area contributed by atoms with Crippen molar-refractivity contribution in [2.45, 2.75) is 64.8 Å². The minimum absolute atomic E-state index is 0.246. The molecule has 1 aliphatic heterocycles. The standard InChI is InChI=1S/C18H29FN4/c1-14(2)5-4-6-15(3)22-10-18-7-17(19)12-23(18)11-16-8-20-13-21-9-16/h5,8-9,13,15,17-18,22H,4,6-7,10-12H2,1-3H3/t15-,17+,18+/m1/s1. The van der Waals surface area contributed by atoms with E-state index in [2.05, 4.69) is 47.0 Å². The van der Waals surface area contributed by atoms with E-state index < -0.39 is 6.17 Å². The predicted molar refractivity (Wildman–Crippen MR) is 91.9 cm³/mol. The maximum absolute atomic E-state index is 13.8. The molecule has 1 fully saturated rings. The third kappa shape index (κ3) is 6.36. The van der Waals surface area contributed by atoms with Gasteiger partial charge in [0.1, 0.15) is 12.5 Å². The summed E-state index contributed by atoms with van der Waals surface area (Å²) >= 11 is 0. The summed E-state index contributed by atoms with van der Waals surface area (Å²) in [4.78, 5) is 10.3. The molecular formula is C18H29FN4. The molecule has 1 aromatic rings. The molecule has 0 radical (unpaired) electrons. The number of hydrogen-bond donors (Lipinski definition) is 1. The Morgan fingerprint density at radius 3 is 2.87 bits per heavy atom. The topological polar surface area (TPSA) is 41.0 Å². The first-order valence-electron chi connectivity index (χ1n) is 8.53. The van der Waals surface area contributed by atoms with Gasteiger partial charge < -0.3 is 5.32 Å². The van der Waals surface area contributed by atoms with Gasteiger partial charge in [-0.3, -0.25) is 4.90 Å². The summed E-state index contributed by atoms with van der Waals surface area (Å²) in [7, 11) is 0. The predicted octanol–water partition coefficient (Wildman–Crippen LogP) is 3.11. The second kappa shape index (κ2) is 9.08. The van der Waals surface area contributed by atoms with Gasteiger partial charge in [0.15, 0.2) is 0 Å². The van der Waals surface area contributed by atoms with Gasteiger partial charge in [0.05, 0.1) is 0 Å². The average Bonchev–Trinajstić information content (AvgIpc) is 2.85. The van der Waals surface area contributed by atoms with Crippen LogP contribution in [0.4, 0.5) is 4.39 Å². The van der Waals surface area contributed by atoms with Crippen LogP contribution < -0.4 is 5.32 Å². The number of nitrogens with one attached hydrogen (secondary N) is 1. The van der Waals surface area contributed by atoms with Crippen LogP contribution in [0.25, 0.3) is 0 Å². The van der Waals surface area contributed by atoms with Crippen LogP contribution in [0.15, 0.2) is 30.4 Å². The number of nitrogens with zero attached hydrogens (tertiary/aromatic N) is 3. The van der Waals surface area contributed by atoms with Crippen LogP contribution in [-0.2, 0) is 6.54 Å². The molecule has 1 N–H and O–H groups in total. The van der Waals surface area contributed by atoms with Crippen molar-refractivity contribution in [3.05, 3.63) is 35.9 Å².